The van der Waals surface area contributed by atoms with Gasteiger partial charge in [-0.25, -0.2) is 0 Å². The second kappa shape index (κ2) is 8.95. The minimum atomic E-state index is 0.106. The molecule has 1 aromatic rings. The Balaban J connectivity index is 1.47. The van der Waals surface area contributed by atoms with Crippen molar-refractivity contribution >= 4 is 17.3 Å². The summed E-state index contributed by atoms with van der Waals surface area (Å²) in [5, 5.41) is 6.45. The molecule has 0 atom stereocenters. The van der Waals surface area contributed by atoms with Crippen molar-refractivity contribution in [3.8, 4) is 0 Å². The minimum Gasteiger partial charge on any atom is -0.374 e. The van der Waals surface area contributed by atoms with Crippen molar-refractivity contribution in [3.63, 3.8) is 0 Å². The second-order valence-electron chi connectivity index (χ2n) is 7.23. The lowest BCUT2D eigenvalue weighted by molar-refractivity contribution is -0.119. The molecule has 1 amide bonds. The Morgan fingerprint density at radius 1 is 1.00 bits per heavy atom. The van der Waals surface area contributed by atoms with Crippen molar-refractivity contribution < 1.29 is 4.79 Å². The van der Waals surface area contributed by atoms with Gasteiger partial charge in [0.1, 0.15) is 0 Å². The van der Waals surface area contributed by atoms with E-state index in [2.05, 4.69) is 33.7 Å². The number of rotatable bonds is 6. The number of anilines is 2. The number of amides is 1. The highest BCUT2D eigenvalue weighted by Gasteiger charge is 2.16. The van der Waals surface area contributed by atoms with Crippen LogP contribution in [0, 0.1) is 5.92 Å². The van der Waals surface area contributed by atoms with Gasteiger partial charge in [-0.05, 0) is 50.2 Å². The zero-order chi connectivity index (χ0) is 16.6. The van der Waals surface area contributed by atoms with Crippen LogP contribution in [0.25, 0.3) is 0 Å². The maximum atomic E-state index is 12.2. The van der Waals surface area contributed by atoms with Gasteiger partial charge < -0.3 is 15.5 Å². The lowest BCUT2D eigenvalue weighted by Gasteiger charge is -2.30. The van der Waals surface area contributed by atoms with Gasteiger partial charge in [-0.1, -0.05) is 31.4 Å². The van der Waals surface area contributed by atoms with E-state index in [9.17, 15) is 4.79 Å². The number of nitrogens with one attached hydrogen (secondary N) is 2. The zero-order valence-corrected chi connectivity index (χ0v) is 14.7. The van der Waals surface area contributed by atoms with Crippen molar-refractivity contribution in [1.29, 1.82) is 0 Å². The summed E-state index contributed by atoms with van der Waals surface area (Å²) < 4.78 is 0. The molecule has 0 aromatic heterocycles. The van der Waals surface area contributed by atoms with Crippen LogP contribution in [0.1, 0.15) is 51.4 Å². The Morgan fingerprint density at radius 2 is 1.71 bits per heavy atom. The first-order chi connectivity index (χ1) is 11.8. The first-order valence-electron chi connectivity index (χ1n) is 9.67. The predicted molar refractivity (Wildman–Crippen MR) is 101 cm³/mol. The first kappa shape index (κ1) is 17.1. The summed E-state index contributed by atoms with van der Waals surface area (Å²) in [6.07, 6.45) is 10.4. The Labute approximate surface area is 146 Å². The quantitative estimate of drug-likeness (QED) is 0.835. The molecule has 0 spiro atoms. The lowest BCUT2D eigenvalue weighted by atomic mass is 9.89. The minimum absolute atomic E-state index is 0.106. The third-order valence-electron chi connectivity index (χ3n) is 5.35. The SMILES string of the molecule is O=C(CNc1ccccc1N1CCCCC1)NCC1CCCCC1. The van der Waals surface area contributed by atoms with E-state index >= 15 is 0 Å². The maximum absolute atomic E-state index is 12.2. The number of nitrogens with zero attached hydrogens (tertiary/aromatic N) is 1. The molecule has 2 fully saturated rings. The summed E-state index contributed by atoms with van der Waals surface area (Å²) in [4.78, 5) is 14.6. The number of carbonyl (C=O) groups is 1. The van der Waals surface area contributed by atoms with Crippen LogP contribution < -0.4 is 15.5 Å². The Hall–Kier alpha value is -1.71. The molecule has 1 aliphatic carbocycles. The van der Waals surface area contributed by atoms with Crippen LogP contribution in [-0.2, 0) is 4.79 Å². The Morgan fingerprint density at radius 3 is 2.50 bits per heavy atom. The summed E-state index contributed by atoms with van der Waals surface area (Å²) in [6.45, 7) is 3.44. The van der Waals surface area contributed by atoms with Crippen LogP contribution in [0.15, 0.2) is 24.3 Å². The van der Waals surface area contributed by atoms with E-state index in [1.54, 1.807) is 0 Å². The molecule has 1 aromatic carbocycles. The van der Waals surface area contributed by atoms with Crippen LogP contribution >= 0.6 is 0 Å². The number of benzene rings is 1. The van der Waals surface area contributed by atoms with Gasteiger partial charge in [0.05, 0.1) is 17.9 Å². The average molecular weight is 329 g/mol. The monoisotopic (exact) mass is 329 g/mol. The third-order valence-corrected chi connectivity index (χ3v) is 5.35. The molecule has 4 heteroatoms. The highest BCUT2D eigenvalue weighted by atomic mass is 16.1. The fraction of sp³-hybridized carbons (Fsp3) is 0.650. The van der Waals surface area contributed by atoms with E-state index < -0.39 is 0 Å². The van der Waals surface area contributed by atoms with E-state index in [-0.39, 0.29) is 5.91 Å². The number of hydrogen-bond donors (Lipinski definition) is 2. The Bertz CT molecular complexity index is 519. The Kier molecular flexibility index (Phi) is 6.39. The second-order valence-corrected chi connectivity index (χ2v) is 7.23. The molecule has 0 unspecified atom stereocenters. The van der Waals surface area contributed by atoms with Crippen LogP contribution in [0.4, 0.5) is 11.4 Å². The van der Waals surface area contributed by atoms with Gasteiger partial charge in [0.15, 0.2) is 0 Å². The number of piperidine rings is 1. The fourth-order valence-electron chi connectivity index (χ4n) is 3.92. The van der Waals surface area contributed by atoms with E-state index in [1.807, 2.05) is 6.07 Å². The number of para-hydroxylation sites is 2. The van der Waals surface area contributed by atoms with E-state index in [0.29, 0.717) is 12.5 Å². The summed E-state index contributed by atoms with van der Waals surface area (Å²) in [5.74, 6) is 0.789. The molecule has 1 heterocycles. The fourth-order valence-corrected chi connectivity index (χ4v) is 3.92. The largest absolute Gasteiger partial charge is 0.374 e. The molecule has 3 rings (SSSR count). The van der Waals surface area contributed by atoms with Crippen molar-refractivity contribution in [3.05, 3.63) is 24.3 Å². The van der Waals surface area contributed by atoms with E-state index in [4.69, 9.17) is 0 Å². The molecule has 1 saturated carbocycles. The van der Waals surface area contributed by atoms with Gasteiger partial charge in [-0.15, -0.1) is 0 Å². The molecule has 2 N–H and O–H groups in total. The van der Waals surface area contributed by atoms with Gasteiger partial charge in [-0.2, -0.15) is 0 Å². The molecule has 2 aliphatic rings. The molecule has 132 valence electrons. The maximum Gasteiger partial charge on any atom is 0.239 e. The van der Waals surface area contributed by atoms with Crippen molar-refractivity contribution in [2.75, 3.05) is 36.4 Å². The normalized spacial score (nSPS) is 19.1. The lowest BCUT2D eigenvalue weighted by Crippen LogP contribution is -2.35. The summed E-state index contributed by atoms with van der Waals surface area (Å²) in [6, 6.07) is 8.36. The molecular formula is C20H31N3O. The van der Waals surface area contributed by atoms with Crippen molar-refractivity contribution in [2.45, 2.75) is 51.4 Å². The molecule has 0 radical (unpaired) electrons. The van der Waals surface area contributed by atoms with Crippen molar-refractivity contribution in [2.24, 2.45) is 5.92 Å². The molecule has 24 heavy (non-hydrogen) atoms. The molecular weight excluding hydrogens is 298 g/mol. The summed E-state index contributed by atoms with van der Waals surface area (Å²) >= 11 is 0. The molecule has 0 bridgehead atoms. The topological polar surface area (TPSA) is 44.4 Å². The van der Waals surface area contributed by atoms with Crippen LogP contribution in [0.2, 0.25) is 0 Å². The third kappa shape index (κ3) is 4.89. The number of carbonyl (C=O) groups excluding carboxylic acids is 1. The van der Waals surface area contributed by atoms with E-state index in [0.717, 1.165) is 25.3 Å². The van der Waals surface area contributed by atoms with Gasteiger partial charge in [0.2, 0.25) is 5.91 Å². The molecule has 1 aliphatic heterocycles. The van der Waals surface area contributed by atoms with Gasteiger partial charge >= 0.3 is 0 Å². The summed E-state index contributed by atoms with van der Waals surface area (Å²) in [7, 11) is 0. The van der Waals surface area contributed by atoms with E-state index in [1.165, 1.54) is 57.1 Å². The van der Waals surface area contributed by atoms with Gasteiger partial charge in [0.25, 0.3) is 0 Å². The standard InChI is InChI=1S/C20H31N3O/c24-20(22-15-17-9-3-1-4-10-17)16-21-18-11-5-6-12-19(18)23-13-7-2-8-14-23/h5-6,11-12,17,21H,1-4,7-10,13-16H2,(H,22,24). The zero-order valence-electron chi connectivity index (χ0n) is 14.7. The smallest absolute Gasteiger partial charge is 0.239 e. The highest BCUT2D eigenvalue weighted by molar-refractivity contribution is 5.82. The molecule has 1 saturated heterocycles. The first-order valence-corrected chi connectivity index (χ1v) is 9.67. The van der Waals surface area contributed by atoms with Crippen LogP contribution in [-0.4, -0.2) is 32.1 Å². The van der Waals surface area contributed by atoms with Crippen molar-refractivity contribution in [1.82, 2.24) is 5.32 Å². The van der Waals surface area contributed by atoms with Crippen LogP contribution in [0.5, 0.6) is 0 Å². The predicted octanol–water partition coefficient (Wildman–Crippen LogP) is 3.79. The molecule has 4 nitrogen and oxygen atoms in total. The highest BCUT2D eigenvalue weighted by Crippen LogP contribution is 2.28. The summed E-state index contributed by atoms with van der Waals surface area (Å²) in [5.41, 5.74) is 2.31. The van der Waals surface area contributed by atoms with Crippen LogP contribution in [0.3, 0.4) is 0 Å². The average Bonchev–Trinajstić information content (AvgIpc) is 2.66. The van der Waals surface area contributed by atoms with Gasteiger partial charge in [-0.3, -0.25) is 4.79 Å². The van der Waals surface area contributed by atoms with Gasteiger partial charge in [0, 0.05) is 19.6 Å². The number of hydrogen-bond acceptors (Lipinski definition) is 3.